The summed E-state index contributed by atoms with van der Waals surface area (Å²) in [5, 5.41) is -0.980. The van der Waals surface area contributed by atoms with E-state index in [9.17, 15) is 13.2 Å². The Labute approximate surface area is 152 Å². The van der Waals surface area contributed by atoms with Crippen LogP contribution in [0.4, 0.5) is 0 Å². The highest BCUT2D eigenvalue weighted by atomic mass is 32.2. The number of aryl methyl sites for hydroxylation is 2. The van der Waals surface area contributed by atoms with Crippen LogP contribution in [0.25, 0.3) is 0 Å². The van der Waals surface area contributed by atoms with E-state index >= 15 is 0 Å². The van der Waals surface area contributed by atoms with Gasteiger partial charge >= 0.3 is 0 Å². The van der Waals surface area contributed by atoms with Crippen LogP contribution in [0.15, 0.2) is 12.1 Å². The summed E-state index contributed by atoms with van der Waals surface area (Å²) in [7, 11) is -3.53. The maximum absolute atomic E-state index is 12.8. The van der Waals surface area contributed by atoms with E-state index < -0.39 is 15.1 Å². The standard InChI is InChI=1S/C20H31NO3S/c1-14-11-17(20(4,5)6)12-15(2)18(14)13-25(23,24)16(3)19(22)21-9-7-8-10-21/h11-12,16H,7-10,13H2,1-6H3. The van der Waals surface area contributed by atoms with Crippen molar-refractivity contribution in [1.82, 2.24) is 4.90 Å². The summed E-state index contributed by atoms with van der Waals surface area (Å²) < 4.78 is 25.7. The summed E-state index contributed by atoms with van der Waals surface area (Å²) in [5.41, 5.74) is 4.01. The van der Waals surface area contributed by atoms with Crippen molar-refractivity contribution in [1.29, 1.82) is 0 Å². The van der Waals surface area contributed by atoms with Crippen molar-refractivity contribution < 1.29 is 13.2 Å². The highest BCUT2D eigenvalue weighted by Gasteiger charge is 2.33. The Balaban J connectivity index is 2.27. The third kappa shape index (κ3) is 4.43. The van der Waals surface area contributed by atoms with Crippen LogP contribution in [0.2, 0.25) is 0 Å². The van der Waals surface area contributed by atoms with Crippen molar-refractivity contribution in [3.63, 3.8) is 0 Å². The lowest BCUT2D eigenvalue weighted by Crippen LogP contribution is -2.40. The molecule has 1 fully saturated rings. The molecular weight excluding hydrogens is 334 g/mol. The van der Waals surface area contributed by atoms with E-state index in [1.54, 1.807) is 4.90 Å². The lowest BCUT2D eigenvalue weighted by Gasteiger charge is -2.24. The number of rotatable bonds is 4. The van der Waals surface area contributed by atoms with Gasteiger partial charge in [0.1, 0.15) is 5.25 Å². The Morgan fingerprint density at radius 1 is 1.12 bits per heavy atom. The number of benzene rings is 1. The first kappa shape index (κ1) is 20.0. The van der Waals surface area contributed by atoms with Crippen LogP contribution in [0.3, 0.4) is 0 Å². The van der Waals surface area contributed by atoms with Gasteiger partial charge in [-0.25, -0.2) is 8.42 Å². The molecule has 1 aliphatic rings. The number of nitrogens with zero attached hydrogens (tertiary/aromatic N) is 1. The lowest BCUT2D eigenvalue weighted by molar-refractivity contribution is -0.129. The Hall–Kier alpha value is -1.36. The molecule has 1 aromatic carbocycles. The Morgan fingerprint density at radius 3 is 2.04 bits per heavy atom. The fraction of sp³-hybridized carbons (Fsp3) is 0.650. The molecule has 140 valence electrons. The summed E-state index contributed by atoms with van der Waals surface area (Å²) in [4.78, 5) is 14.2. The highest BCUT2D eigenvalue weighted by molar-refractivity contribution is 7.92. The quantitative estimate of drug-likeness (QED) is 0.820. The van der Waals surface area contributed by atoms with Crippen LogP contribution in [0.5, 0.6) is 0 Å². The second-order valence-electron chi connectivity index (χ2n) is 8.32. The number of carbonyl (C=O) groups is 1. The molecule has 0 aliphatic carbocycles. The number of amides is 1. The van der Waals surface area contributed by atoms with Gasteiger partial charge in [0, 0.05) is 13.1 Å². The topological polar surface area (TPSA) is 54.5 Å². The normalized spacial score (nSPS) is 17.0. The molecule has 1 atom stereocenters. The molecule has 25 heavy (non-hydrogen) atoms. The van der Waals surface area contributed by atoms with Crippen LogP contribution in [0, 0.1) is 13.8 Å². The molecular formula is C20H31NO3S. The van der Waals surface area contributed by atoms with E-state index in [2.05, 4.69) is 32.9 Å². The van der Waals surface area contributed by atoms with Gasteiger partial charge < -0.3 is 4.90 Å². The maximum Gasteiger partial charge on any atom is 0.240 e. The first-order valence-corrected chi connectivity index (χ1v) is 10.8. The summed E-state index contributed by atoms with van der Waals surface area (Å²) >= 11 is 0. The minimum absolute atomic E-state index is 0.0198. The predicted molar refractivity (Wildman–Crippen MR) is 103 cm³/mol. The van der Waals surface area contributed by atoms with Gasteiger partial charge in [0.15, 0.2) is 9.84 Å². The van der Waals surface area contributed by atoms with E-state index in [0.29, 0.717) is 13.1 Å². The molecule has 1 saturated heterocycles. The minimum Gasteiger partial charge on any atom is -0.342 e. The van der Waals surface area contributed by atoms with Crippen LogP contribution in [-0.4, -0.2) is 37.6 Å². The first-order chi connectivity index (χ1) is 11.4. The van der Waals surface area contributed by atoms with E-state index in [4.69, 9.17) is 0 Å². The Kier molecular flexibility index (Phi) is 5.67. The molecule has 2 rings (SSSR count). The summed E-state index contributed by atoms with van der Waals surface area (Å²) in [5.74, 6) is -0.324. The van der Waals surface area contributed by atoms with E-state index in [1.165, 1.54) is 12.5 Å². The molecule has 1 unspecified atom stereocenters. The number of carbonyl (C=O) groups excluding carboxylic acids is 1. The van der Waals surface area contributed by atoms with Gasteiger partial charge in [-0.2, -0.15) is 0 Å². The van der Waals surface area contributed by atoms with Crippen molar-refractivity contribution in [2.45, 2.75) is 70.8 Å². The first-order valence-electron chi connectivity index (χ1n) is 9.04. The average Bonchev–Trinajstić information content (AvgIpc) is 3.02. The fourth-order valence-electron chi connectivity index (χ4n) is 3.33. The molecule has 5 heteroatoms. The van der Waals surface area contributed by atoms with Gasteiger partial charge in [-0.3, -0.25) is 4.79 Å². The SMILES string of the molecule is Cc1cc(C(C)(C)C)cc(C)c1CS(=O)(=O)C(C)C(=O)N1CCCC1. The van der Waals surface area contributed by atoms with Crippen molar-refractivity contribution >= 4 is 15.7 Å². The number of hydrogen-bond acceptors (Lipinski definition) is 3. The predicted octanol–water partition coefficient (Wildman–Crippen LogP) is 3.53. The third-order valence-corrected chi connectivity index (χ3v) is 7.18. The maximum atomic E-state index is 12.8. The smallest absolute Gasteiger partial charge is 0.240 e. The number of hydrogen-bond donors (Lipinski definition) is 0. The molecule has 1 aliphatic heterocycles. The molecule has 1 heterocycles. The molecule has 0 spiro atoms. The summed E-state index contributed by atoms with van der Waals surface area (Å²) in [6.07, 6.45) is 1.93. The van der Waals surface area contributed by atoms with Crippen molar-refractivity contribution in [3.8, 4) is 0 Å². The van der Waals surface area contributed by atoms with Gasteiger partial charge in [-0.05, 0) is 61.3 Å². The van der Waals surface area contributed by atoms with Crippen LogP contribution >= 0.6 is 0 Å². The Morgan fingerprint density at radius 2 is 1.60 bits per heavy atom. The Bertz CT molecular complexity index is 731. The van der Waals surface area contributed by atoms with Crippen molar-refractivity contribution in [2.75, 3.05) is 13.1 Å². The van der Waals surface area contributed by atoms with E-state index in [0.717, 1.165) is 29.5 Å². The second-order valence-corrected chi connectivity index (χ2v) is 10.6. The third-order valence-electron chi connectivity index (χ3n) is 5.21. The summed E-state index contributed by atoms with van der Waals surface area (Å²) in [6.45, 7) is 13.2. The monoisotopic (exact) mass is 365 g/mol. The van der Waals surface area contributed by atoms with Gasteiger partial charge in [0.25, 0.3) is 0 Å². The fourth-order valence-corrected chi connectivity index (χ4v) is 4.89. The number of sulfone groups is 1. The van der Waals surface area contributed by atoms with Crippen LogP contribution < -0.4 is 0 Å². The lowest BCUT2D eigenvalue weighted by atomic mass is 9.84. The highest BCUT2D eigenvalue weighted by Crippen LogP contribution is 2.28. The second kappa shape index (κ2) is 7.10. The van der Waals surface area contributed by atoms with E-state index in [1.807, 2.05) is 13.8 Å². The number of likely N-dealkylation sites (tertiary alicyclic amines) is 1. The summed E-state index contributed by atoms with van der Waals surface area (Å²) in [6, 6.07) is 4.15. The van der Waals surface area contributed by atoms with Gasteiger partial charge in [0.2, 0.25) is 5.91 Å². The molecule has 1 amide bonds. The van der Waals surface area contributed by atoms with E-state index in [-0.39, 0.29) is 17.1 Å². The molecule has 0 radical (unpaired) electrons. The molecule has 0 saturated carbocycles. The molecule has 0 aromatic heterocycles. The van der Waals surface area contributed by atoms with Crippen LogP contribution in [-0.2, 0) is 25.8 Å². The van der Waals surface area contributed by atoms with Gasteiger partial charge in [-0.15, -0.1) is 0 Å². The molecule has 0 bridgehead atoms. The largest absolute Gasteiger partial charge is 0.342 e. The van der Waals surface area contributed by atoms with Crippen molar-refractivity contribution in [2.24, 2.45) is 0 Å². The van der Waals surface area contributed by atoms with Crippen LogP contribution in [0.1, 0.15) is 62.8 Å². The molecule has 4 nitrogen and oxygen atoms in total. The molecule has 1 aromatic rings. The minimum atomic E-state index is -3.53. The van der Waals surface area contributed by atoms with Gasteiger partial charge in [-0.1, -0.05) is 32.9 Å². The van der Waals surface area contributed by atoms with Crippen molar-refractivity contribution in [3.05, 3.63) is 34.4 Å². The molecule has 0 N–H and O–H groups in total. The zero-order valence-electron chi connectivity index (χ0n) is 16.3. The zero-order valence-corrected chi connectivity index (χ0v) is 17.2. The van der Waals surface area contributed by atoms with Gasteiger partial charge in [0.05, 0.1) is 5.75 Å². The zero-order chi connectivity index (χ0) is 19.0. The average molecular weight is 366 g/mol.